The number of para-hydroxylation sites is 1. The molecule has 0 radical (unpaired) electrons. The second-order valence-electron chi connectivity index (χ2n) is 5.34. The minimum absolute atomic E-state index is 0.335. The molecular weight excluding hydrogens is 332 g/mol. The SMILES string of the molecule is COc1ccc(C(=O)Oc2ccc(C(=O)Oc3ccccc3)cc2)cc1. The van der Waals surface area contributed by atoms with Gasteiger partial charge in [0, 0.05) is 0 Å². The monoisotopic (exact) mass is 348 g/mol. The van der Waals surface area contributed by atoms with Gasteiger partial charge in [-0.25, -0.2) is 9.59 Å². The Labute approximate surface area is 150 Å². The van der Waals surface area contributed by atoms with E-state index in [-0.39, 0.29) is 0 Å². The number of hydrogen-bond donors (Lipinski definition) is 0. The summed E-state index contributed by atoms with van der Waals surface area (Å²) in [5.74, 6) is 0.480. The topological polar surface area (TPSA) is 61.8 Å². The maximum absolute atomic E-state index is 12.1. The highest BCUT2D eigenvalue weighted by Crippen LogP contribution is 2.18. The molecule has 5 heteroatoms. The molecule has 0 fully saturated rings. The van der Waals surface area contributed by atoms with Crippen LogP contribution in [0.15, 0.2) is 78.9 Å². The van der Waals surface area contributed by atoms with Crippen LogP contribution in [0.2, 0.25) is 0 Å². The Morgan fingerprint density at radius 2 is 1.00 bits per heavy atom. The molecule has 0 aromatic heterocycles. The summed E-state index contributed by atoms with van der Waals surface area (Å²) in [5, 5.41) is 0. The van der Waals surface area contributed by atoms with Crippen molar-refractivity contribution in [1.82, 2.24) is 0 Å². The molecule has 0 saturated carbocycles. The summed E-state index contributed by atoms with van der Waals surface area (Å²) in [6.45, 7) is 0. The molecule has 0 unspecified atom stereocenters. The second kappa shape index (κ2) is 7.98. The molecule has 3 aromatic carbocycles. The summed E-state index contributed by atoms with van der Waals surface area (Å²) in [4.78, 5) is 24.2. The van der Waals surface area contributed by atoms with Gasteiger partial charge >= 0.3 is 11.9 Å². The van der Waals surface area contributed by atoms with Gasteiger partial charge in [-0.2, -0.15) is 0 Å². The van der Waals surface area contributed by atoms with Gasteiger partial charge in [0.05, 0.1) is 18.2 Å². The van der Waals surface area contributed by atoms with Crippen molar-refractivity contribution in [3.8, 4) is 17.2 Å². The zero-order valence-corrected chi connectivity index (χ0v) is 14.0. The van der Waals surface area contributed by atoms with Crippen molar-refractivity contribution in [2.45, 2.75) is 0 Å². The minimum Gasteiger partial charge on any atom is -0.497 e. The van der Waals surface area contributed by atoms with Crippen LogP contribution in [0.1, 0.15) is 20.7 Å². The van der Waals surface area contributed by atoms with Crippen LogP contribution in [0.25, 0.3) is 0 Å². The third-order valence-corrected chi connectivity index (χ3v) is 3.58. The van der Waals surface area contributed by atoms with Crippen molar-refractivity contribution in [3.63, 3.8) is 0 Å². The Bertz CT molecular complexity index is 884. The zero-order valence-electron chi connectivity index (χ0n) is 14.0. The predicted molar refractivity (Wildman–Crippen MR) is 95.8 cm³/mol. The second-order valence-corrected chi connectivity index (χ2v) is 5.34. The Morgan fingerprint density at radius 1 is 0.577 bits per heavy atom. The van der Waals surface area contributed by atoms with E-state index in [0.29, 0.717) is 28.4 Å². The number of carbonyl (C=O) groups is 2. The van der Waals surface area contributed by atoms with E-state index < -0.39 is 11.9 Å². The van der Waals surface area contributed by atoms with Gasteiger partial charge < -0.3 is 14.2 Å². The molecule has 0 aliphatic heterocycles. The molecule has 3 rings (SSSR count). The third-order valence-electron chi connectivity index (χ3n) is 3.58. The lowest BCUT2D eigenvalue weighted by Gasteiger charge is -2.07. The molecule has 0 saturated heterocycles. The molecular formula is C21H16O5. The van der Waals surface area contributed by atoms with E-state index in [2.05, 4.69) is 0 Å². The van der Waals surface area contributed by atoms with Crippen molar-refractivity contribution >= 4 is 11.9 Å². The van der Waals surface area contributed by atoms with Crippen LogP contribution in [0.4, 0.5) is 0 Å². The fraction of sp³-hybridized carbons (Fsp3) is 0.0476. The number of rotatable bonds is 5. The zero-order chi connectivity index (χ0) is 18.4. The first-order chi connectivity index (χ1) is 12.7. The molecule has 0 N–H and O–H groups in total. The van der Waals surface area contributed by atoms with Crippen molar-refractivity contribution in [3.05, 3.63) is 90.0 Å². The summed E-state index contributed by atoms with van der Waals surface area (Å²) >= 11 is 0. The van der Waals surface area contributed by atoms with Gasteiger partial charge in [0.25, 0.3) is 0 Å². The normalized spacial score (nSPS) is 10.0. The van der Waals surface area contributed by atoms with Gasteiger partial charge in [-0.3, -0.25) is 0 Å². The van der Waals surface area contributed by atoms with Gasteiger partial charge in [0.2, 0.25) is 0 Å². The highest BCUT2D eigenvalue weighted by Gasteiger charge is 2.11. The van der Waals surface area contributed by atoms with Gasteiger partial charge in [-0.1, -0.05) is 18.2 Å². The molecule has 0 spiro atoms. The summed E-state index contributed by atoms with van der Waals surface area (Å²) < 4.78 is 15.6. The quantitative estimate of drug-likeness (QED) is 0.512. The average Bonchev–Trinajstić information content (AvgIpc) is 2.69. The number of benzene rings is 3. The highest BCUT2D eigenvalue weighted by atomic mass is 16.5. The smallest absolute Gasteiger partial charge is 0.343 e. The Balaban J connectivity index is 1.63. The summed E-state index contributed by atoms with van der Waals surface area (Å²) in [7, 11) is 1.55. The maximum atomic E-state index is 12.1. The molecule has 130 valence electrons. The predicted octanol–water partition coefficient (Wildman–Crippen LogP) is 4.13. The summed E-state index contributed by atoms with van der Waals surface area (Å²) in [6, 6.07) is 21.6. The number of methoxy groups -OCH3 is 1. The van der Waals surface area contributed by atoms with E-state index in [1.165, 1.54) is 0 Å². The molecule has 0 amide bonds. The largest absolute Gasteiger partial charge is 0.497 e. The first-order valence-corrected chi connectivity index (χ1v) is 7.89. The molecule has 0 heterocycles. The first kappa shape index (κ1) is 17.2. The van der Waals surface area contributed by atoms with Gasteiger partial charge in [0.1, 0.15) is 17.2 Å². The van der Waals surface area contributed by atoms with Crippen LogP contribution in [0.5, 0.6) is 17.2 Å². The third kappa shape index (κ3) is 4.27. The van der Waals surface area contributed by atoms with Crippen LogP contribution in [-0.4, -0.2) is 19.0 Å². The number of esters is 2. The summed E-state index contributed by atoms with van der Waals surface area (Å²) in [5.41, 5.74) is 0.761. The highest BCUT2D eigenvalue weighted by molar-refractivity contribution is 5.92. The number of hydrogen-bond acceptors (Lipinski definition) is 5. The molecule has 26 heavy (non-hydrogen) atoms. The fourth-order valence-corrected chi connectivity index (χ4v) is 2.21. The average molecular weight is 348 g/mol. The van der Waals surface area contributed by atoms with E-state index in [1.807, 2.05) is 6.07 Å². The molecule has 0 aliphatic carbocycles. The Kier molecular flexibility index (Phi) is 5.29. The number of carbonyl (C=O) groups excluding carboxylic acids is 2. The van der Waals surface area contributed by atoms with Crippen molar-refractivity contribution < 1.29 is 23.8 Å². The molecule has 0 bridgehead atoms. The van der Waals surface area contributed by atoms with Crippen LogP contribution in [0, 0.1) is 0 Å². The molecule has 0 atom stereocenters. The Hall–Kier alpha value is -3.60. The van der Waals surface area contributed by atoms with E-state index in [0.717, 1.165) is 0 Å². The number of ether oxygens (including phenoxy) is 3. The lowest BCUT2D eigenvalue weighted by molar-refractivity contribution is 0.0730. The van der Waals surface area contributed by atoms with E-state index in [9.17, 15) is 9.59 Å². The van der Waals surface area contributed by atoms with Gasteiger partial charge in [-0.15, -0.1) is 0 Å². The van der Waals surface area contributed by atoms with E-state index >= 15 is 0 Å². The van der Waals surface area contributed by atoms with Crippen LogP contribution in [0.3, 0.4) is 0 Å². The minimum atomic E-state index is -0.493. The van der Waals surface area contributed by atoms with Gasteiger partial charge in [-0.05, 0) is 60.7 Å². The molecule has 3 aromatic rings. The summed E-state index contributed by atoms with van der Waals surface area (Å²) in [6.07, 6.45) is 0. The van der Waals surface area contributed by atoms with Gasteiger partial charge in [0.15, 0.2) is 0 Å². The van der Waals surface area contributed by atoms with Crippen LogP contribution < -0.4 is 14.2 Å². The fourth-order valence-electron chi connectivity index (χ4n) is 2.21. The first-order valence-electron chi connectivity index (χ1n) is 7.89. The molecule has 5 nitrogen and oxygen atoms in total. The lowest BCUT2D eigenvalue weighted by Crippen LogP contribution is -2.10. The van der Waals surface area contributed by atoms with E-state index in [1.54, 1.807) is 79.9 Å². The van der Waals surface area contributed by atoms with Crippen molar-refractivity contribution in [2.24, 2.45) is 0 Å². The van der Waals surface area contributed by atoms with E-state index in [4.69, 9.17) is 14.2 Å². The molecule has 0 aliphatic rings. The lowest BCUT2D eigenvalue weighted by atomic mass is 10.2. The van der Waals surface area contributed by atoms with Crippen LogP contribution in [-0.2, 0) is 0 Å². The van der Waals surface area contributed by atoms with Crippen LogP contribution >= 0.6 is 0 Å². The van der Waals surface area contributed by atoms with Crippen molar-refractivity contribution in [2.75, 3.05) is 7.11 Å². The maximum Gasteiger partial charge on any atom is 0.343 e. The standard InChI is InChI=1S/C21H16O5/c1-24-17-11-7-15(8-12-17)21(23)26-19-13-9-16(10-14-19)20(22)25-18-5-3-2-4-6-18/h2-14H,1H3. The van der Waals surface area contributed by atoms with Crippen molar-refractivity contribution in [1.29, 1.82) is 0 Å². The Morgan fingerprint density at radius 3 is 1.46 bits per heavy atom.